The molecule has 0 aromatic heterocycles. The van der Waals surface area contributed by atoms with Crippen LogP contribution in [0.5, 0.6) is 0 Å². The molecule has 0 amide bonds. The summed E-state index contributed by atoms with van der Waals surface area (Å²) in [5.74, 6) is 0. The van der Waals surface area contributed by atoms with Crippen molar-refractivity contribution in [3.8, 4) is 0 Å². The second-order valence-electron chi connectivity index (χ2n) is 4.17. The van der Waals surface area contributed by atoms with E-state index in [1.54, 1.807) is 24.3 Å². The van der Waals surface area contributed by atoms with Crippen LogP contribution in [0.1, 0.15) is 11.1 Å². The highest BCUT2D eigenvalue weighted by atomic mass is 13.8. The molecule has 24 heavy (non-hydrogen) atoms. The average Bonchev–Trinajstić information content (AvgIpc) is 2.70. The summed E-state index contributed by atoms with van der Waals surface area (Å²) < 4.78 is 0. The molecule has 0 bridgehead atoms. The molecule has 2 aromatic rings. The van der Waals surface area contributed by atoms with Gasteiger partial charge in [-0.25, -0.2) is 0 Å². The van der Waals surface area contributed by atoms with Gasteiger partial charge in [-0.1, -0.05) is 137 Å². The minimum absolute atomic E-state index is 1.17. The maximum Gasteiger partial charge on any atom is -0.0263 e. The molecular weight excluding hydrogens is 288 g/mol. The number of hydrogen-bond acceptors (Lipinski definition) is 0. The van der Waals surface area contributed by atoms with E-state index in [9.17, 15) is 0 Å². The molecule has 0 heteroatoms. The molecule has 0 aliphatic carbocycles. The molecule has 0 nitrogen and oxygen atoms in total. The molecule has 2 rings (SSSR count). The van der Waals surface area contributed by atoms with Gasteiger partial charge in [0.05, 0.1) is 0 Å². The zero-order valence-electron chi connectivity index (χ0n) is 14.5. The third-order valence-electron chi connectivity index (χ3n) is 2.40. The van der Waals surface area contributed by atoms with Crippen LogP contribution in [-0.2, 0) is 0 Å². The van der Waals surface area contributed by atoms with Crippen molar-refractivity contribution in [1.29, 1.82) is 0 Å². The van der Waals surface area contributed by atoms with Gasteiger partial charge in [-0.2, -0.15) is 0 Å². The van der Waals surface area contributed by atoms with Crippen molar-refractivity contribution in [2.75, 3.05) is 0 Å². The molecule has 0 saturated carbocycles. The quantitative estimate of drug-likeness (QED) is 0.516. The van der Waals surface area contributed by atoms with Crippen LogP contribution in [0, 0.1) is 0 Å². The van der Waals surface area contributed by atoms with E-state index in [-0.39, 0.29) is 0 Å². The van der Waals surface area contributed by atoms with Crippen LogP contribution in [0.2, 0.25) is 0 Å². The van der Waals surface area contributed by atoms with E-state index in [0.29, 0.717) is 0 Å². The summed E-state index contributed by atoms with van der Waals surface area (Å²) >= 11 is 0. The third-order valence-corrected chi connectivity index (χ3v) is 2.40. The first-order valence-corrected chi connectivity index (χ1v) is 7.51. The average molecular weight is 316 g/mol. The SMILES string of the molecule is C=CC=C.C=CC=C.C=Cc1ccccc1.C=Cc1ccccc1. The number of allylic oxidation sites excluding steroid dienone is 4. The standard InChI is InChI=1S/2C8H8.2C4H6/c2*1-2-8-6-4-3-5-7-8;2*1-3-4-2/h2*2-7H,1H2;2*3-4H,1-2H2. The van der Waals surface area contributed by atoms with E-state index in [2.05, 4.69) is 39.5 Å². The first-order valence-electron chi connectivity index (χ1n) is 7.51. The molecule has 0 saturated heterocycles. The molecule has 0 fully saturated rings. The van der Waals surface area contributed by atoms with Crippen LogP contribution >= 0.6 is 0 Å². The largest absolute Gasteiger partial charge is 0.0991 e. The lowest BCUT2D eigenvalue weighted by Gasteiger charge is -1.85. The molecule has 0 atom stereocenters. The maximum absolute atomic E-state index is 3.63. The lowest BCUT2D eigenvalue weighted by atomic mass is 10.2. The van der Waals surface area contributed by atoms with E-state index in [1.807, 2.05) is 72.8 Å². The summed E-state index contributed by atoms with van der Waals surface area (Å²) in [6, 6.07) is 20.1. The van der Waals surface area contributed by atoms with Crippen LogP contribution in [-0.4, -0.2) is 0 Å². The number of hydrogen-bond donors (Lipinski definition) is 0. The fourth-order valence-corrected chi connectivity index (χ4v) is 1.18. The van der Waals surface area contributed by atoms with E-state index in [0.717, 1.165) is 0 Å². The maximum atomic E-state index is 3.63. The Morgan fingerprint density at radius 3 is 0.792 bits per heavy atom. The van der Waals surface area contributed by atoms with Crippen LogP contribution < -0.4 is 0 Å². The molecule has 2 aromatic carbocycles. The smallest absolute Gasteiger partial charge is 0.0263 e. The van der Waals surface area contributed by atoms with Crippen LogP contribution in [0.15, 0.2) is 124 Å². The van der Waals surface area contributed by atoms with Gasteiger partial charge < -0.3 is 0 Å². The lowest BCUT2D eigenvalue weighted by Crippen LogP contribution is -1.63. The summed E-state index contributed by atoms with van der Waals surface area (Å²) in [6.07, 6.45) is 10.2. The summed E-state index contributed by atoms with van der Waals surface area (Å²) in [4.78, 5) is 0. The van der Waals surface area contributed by atoms with Gasteiger partial charge in [0.15, 0.2) is 0 Å². The fourth-order valence-electron chi connectivity index (χ4n) is 1.18. The molecular formula is C24H28. The Hall–Kier alpha value is -3.12. The Labute approximate surface area is 148 Å². The molecule has 0 radical (unpaired) electrons. The van der Waals surface area contributed by atoms with E-state index in [4.69, 9.17) is 0 Å². The van der Waals surface area contributed by atoms with Crippen molar-refractivity contribution in [2.45, 2.75) is 0 Å². The van der Waals surface area contributed by atoms with Gasteiger partial charge in [0.25, 0.3) is 0 Å². The molecule has 0 spiro atoms. The topological polar surface area (TPSA) is 0 Å². The summed E-state index contributed by atoms with van der Waals surface area (Å²) in [6.45, 7) is 20.7. The predicted octanol–water partition coefficient (Wildman–Crippen LogP) is 7.38. The van der Waals surface area contributed by atoms with E-state index < -0.39 is 0 Å². The Morgan fingerprint density at radius 1 is 0.417 bits per heavy atom. The van der Waals surface area contributed by atoms with Crippen molar-refractivity contribution in [3.63, 3.8) is 0 Å². The van der Waals surface area contributed by atoms with Gasteiger partial charge >= 0.3 is 0 Å². The molecule has 0 aliphatic rings. The summed E-state index contributed by atoms with van der Waals surface area (Å²) in [5.41, 5.74) is 2.35. The normalized spacial score (nSPS) is 7.33. The number of rotatable bonds is 4. The van der Waals surface area contributed by atoms with Crippen molar-refractivity contribution in [1.82, 2.24) is 0 Å². The zero-order valence-corrected chi connectivity index (χ0v) is 14.5. The summed E-state index contributed by atoms with van der Waals surface area (Å²) in [5, 5.41) is 0. The van der Waals surface area contributed by atoms with Crippen molar-refractivity contribution in [3.05, 3.63) is 136 Å². The molecule has 0 N–H and O–H groups in total. The van der Waals surface area contributed by atoms with Gasteiger partial charge in [0.1, 0.15) is 0 Å². The first-order chi connectivity index (χ1) is 11.7. The van der Waals surface area contributed by atoms with Crippen LogP contribution in [0.25, 0.3) is 12.2 Å². The van der Waals surface area contributed by atoms with Crippen LogP contribution in [0.3, 0.4) is 0 Å². The fraction of sp³-hybridized carbons (Fsp3) is 0. The second-order valence-corrected chi connectivity index (χ2v) is 4.17. The Bertz CT molecular complexity index is 506. The third kappa shape index (κ3) is 16.9. The molecule has 0 heterocycles. The lowest BCUT2D eigenvalue weighted by molar-refractivity contribution is 1.67. The molecule has 0 aliphatic heterocycles. The van der Waals surface area contributed by atoms with Gasteiger partial charge in [0.2, 0.25) is 0 Å². The van der Waals surface area contributed by atoms with Crippen molar-refractivity contribution in [2.24, 2.45) is 0 Å². The monoisotopic (exact) mass is 316 g/mol. The molecule has 124 valence electrons. The second kappa shape index (κ2) is 19.9. The first kappa shape index (κ1) is 23.2. The minimum atomic E-state index is 1.17. The zero-order chi connectivity index (χ0) is 18.5. The van der Waals surface area contributed by atoms with Gasteiger partial charge in [-0.05, 0) is 11.1 Å². The van der Waals surface area contributed by atoms with Crippen LogP contribution in [0.4, 0.5) is 0 Å². The highest BCUT2D eigenvalue weighted by molar-refractivity contribution is 5.46. The van der Waals surface area contributed by atoms with Gasteiger partial charge in [0, 0.05) is 0 Å². The summed E-state index contributed by atoms with van der Waals surface area (Å²) in [7, 11) is 0. The van der Waals surface area contributed by atoms with E-state index in [1.165, 1.54) is 11.1 Å². The Morgan fingerprint density at radius 2 is 0.667 bits per heavy atom. The molecule has 0 unspecified atom stereocenters. The highest BCUT2D eigenvalue weighted by Gasteiger charge is 1.76. The predicted molar refractivity (Wildman–Crippen MR) is 114 cm³/mol. The van der Waals surface area contributed by atoms with E-state index >= 15 is 0 Å². The van der Waals surface area contributed by atoms with Crippen molar-refractivity contribution >= 4 is 12.2 Å². The Kier molecular flexibility index (Phi) is 19.2. The van der Waals surface area contributed by atoms with Crippen molar-refractivity contribution < 1.29 is 0 Å². The van der Waals surface area contributed by atoms with Gasteiger partial charge in [-0.3, -0.25) is 0 Å². The van der Waals surface area contributed by atoms with Gasteiger partial charge in [-0.15, -0.1) is 0 Å². The highest BCUT2D eigenvalue weighted by Crippen LogP contribution is 1.98. The minimum Gasteiger partial charge on any atom is -0.0991 e. The number of benzene rings is 2. The Balaban J connectivity index is 0.